The number of aliphatic hydroxyl groups is 11. The predicted molar refractivity (Wildman–Crippen MR) is 277 cm³/mol. The van der Waals surface area contributed by atoms with Crippen molar-refractivity contribution in [1.82, 2.24) is 0 Å². The molecular weight excluding hydrogens is 1050 g/mol. The van der Waals surface area contributed by atoms with Crippen molar-refractivity contribution in [1.29, 1.82) is 0 Å². The van der Waals surface area contributed by atoms with E-state index in [0.717, 1.165) is 5.57 Å². The first-order chi connectivity index (χ1) is 37.3. The van der Waals surface area contributed by atoms with Gasteiger partial charge in [-0.1, -0.05) is 65.3 Å². The lowest BCUT2D eigenvalue weighted by molar-refractivity contribution is -0.372. The summed E-state index contributed by atoms with van der Waals surface area (Å²) >= 11 is 0. The normalized spacial score (nSPS) is 50.4. The Kier molecular flexibility index (Phi) is 17.9. The summed E-state index contributed by atoms with van der Waals surface area (Å²) in [6, 6.07) is 0. The standard InChI is InChI=1S/C57H88O23/c1-12-24(3)47(71)79-44-45(80-48(72)25(4)13-2)57(23-59)28(20-52(44,6)7)27-14-15-31-53(8)18-17-32(54(9,22-58)30(53)16-19-55(31,10)56(27,11)42(67)43(57)68)75-51-38(66)40(36(64)41(78-51)46(69)70)77-49-37(65)39(29(60)21-73-49)76-50-35(63)34(62)33(61)26(5)74-50/h12-14,26,28-45,49-51,58-68H,15-23H2,1-11H3,(H,69,70)/b24-12-,25-13-/t26-,28-,29-,30+,31+,32-,33-,34+,35+,36-,37+,38+,39-,40-,41-,42-,43+,44-,45-,49-,50-,51+,53-,54-,55+,56-,57-/m0/s1. The number of hydrogen-bond donors (Lipinski definition) is 12. The molecule has 0 spiro atoms. The molecule has 7 fully saturated rings. The molecule has 5 aliphatic carbocycles. The zero-order chi connectivity index (χ0) is 59.3. The van der Waals surface area contributed by atoms with Crippen LogP contribution in [-0.4, -0.2) is 216 Å². The molecule has 0 bridgehead atoms. The Morgan fingerprint density at radius 3 is 1.85 bits per heavy atom. The molecule has 12 N–H and O–H groups in total. The Morgan fingerprint density at radius 1 is 0.675 bits per heavy atom. The van der Waals surface area contributed by atoms with Gasteiger partial charge < -0.3 is 99.2 Å². The van der Waals surface area contributed by atoms with E-state index in [0.29, 0.717) is 31.3 Å². The molecule has 0 unspecified atom stereocenters. The van der Waals surface area contributed by atoms with Gasteiger partial charge in [-0.05, 0) is 102 Å². The van der Waals surface area contributed by atoms with Crippen LogP contribution < -0.4 is 0 Å². The third-order valence-corrected chi connectivity index (χ3v) is 21.4. The van der Waals surface area contributed by atoms with Crippen LogP contribution in [0, 0.1) is 50.2 Å². The van der Waals surface area contributed by atoms with Crippen LogP contribution in [0.25, 0.3) is 0 Å². The van der Waals surface area contributed by atoms with Crippen LogP contribution in [-0.2, 0) is 52.3 Å². The Morgan fingerprint density at radius 2 is 1.26 bits per heavy atom. The number of rotatable bonds is 13. The minimum Gasteiger partial charge on any atom is -0.479 e. The summed E-state index contributed by atoms with van der Waals surface area (Å²) in [7, 11) is 0. The topological polar surface area (TPSA) is 368 Å². The van der Waals surface area contributed by atoms with Crippen LogP contribution in [0.2, 0.25) is 0 Å². The van der Waals surface area contributed by atoms with E-state index in [-0.39, 0.29) is 30.3 Å². The molecule has 4 saturated carbocycles. The Labute approximate surface area is 466 Å². The third kappa shape index (κ3) is 9.76. The number of esters is 2. The molecule has 80 heavy (non-hydrogen) atoms. The number of fused-ring (bicyclic) bond motifs is 7. The number of aliphatic hydroxyl groups excluding tert-OH is 11. The van der Waals surface area contributed by atoms with Gasteiger partial charge in [-0.2, -0.15) is 0 Å². The summed E-state index contributed by atoms with van der Waals surface area (Å²) in [5.74, 6) is -4.24. The van der Waals surface area contributed by atoms with Gasteiger partial charge in [-0.15, -0.1) is 0 Å². The maximum atomic E-state index is 13.8. The molecule has 0 aromatic heterocycles. The number of carbonyl (C=O) groups excluding carboxylic acids is 2. The van der Waals surface area contributed by atoms with Gasteiger partial charge in [0.1, 0.15) is 61.0 Å². The smallest absolute Gasteiger partial charge is 0.335 e. The van der Waals surface area contributed by atoms with Crippen molar-refractivity contribution < 1.29 is 114 Å². The fourth-order valence-electron chi connectivity index (χ4n) is 16.1. The molecule has 0 aromatic rings. The Bertz CT molecular complexity index is 2400. The first-order valence-electron chi connectivity index (χ1n) is 28.2. The molecule has 3 saturated heterocycles. The molecule has 0 radical (unpaired) electrons. The van der Waals surface area contributed by atoms with Gasteiger partial charge in [0.2, 0.25) is 0 Å². The minimum atomic E-state index is -2.09. The maximum Gasteiger partial charge on any atom is 0.335 e. The number of aliphatic carboxylic acids is 1. The van der Waals surface area contributed by atoms with Gasteiger partial charge in [-0.25, -0.2) is 14.4 Å². The molecule has 3 heterocycles. The van der Waals surface area contributed by atoms with E-state index in [1.54, 1.807) is 39.8 Å². The highest BCUT2D eigenvalue weighted by Gasteiger charge is 2.76. The zero-order valence-corrected chi connectivity index (χ0v) is 47.7. The van der Waals surface area contributed by atoms with Crippen LogP contribution in [0.15, 0.2) is 34.9 Å². The van der Waals surface area contributed by atoms with Crippen molar-refractivity contribution in [3.05, 3.63) is 34.9 Å². The lowest BCUT2D eigenvalue weighted by Crippen LogP contribution is -2.76. The van der Waals surface area contributed by atoms with Crippen molar-refractivity contribution in [3.63, 3.8) is 0 Å². The average Bonchev–Trinajstić information content (AvgIpc) is 3.09. The van der Waals surface area contributed by atoms with Gasteiger partial charge in [0.25, 0.3) is 0 Å². The summed E-state index contributed by atoms with van der Waals surface area (Å²) in [6.45, 7) is 18.1. The van der Waals surface area contributed by atoms with Crippen LogP contribution in [0.1, 0.15) is 115 Å². The molecule has 3 aliphatic heterocycles. The molecule has 27 atom stereocenters. The molecule has 23 nitrogen and oxygen atoms in total. The van der Waals surface area contributed by atoms with E-state index in [4.69, 9.17) is 37.9 Å². The summed E-state index contributed by atoms with van der Waals surface area (Å²) in [5.41, 5.74) is -4.89. The van der Waals surface area contributed by atoms with E-state index in [1.165, 1.54) is 6.92 Å². The zero-order valence-electron chi connectivity index (χ0n) is 47.7. The van der Waals surface area contributed by atoms with E-state index in [1.807, 2.05) is 27.7 Å². The minimum absolute atomic E-state index is 0.208. The first-order valence-corrected chi connectivity index (χ1v) is 28.2. The van der Waals surface area contributed by atoms with Crippen molar-refractivity contribution in [2.45, 2.75) is 231 Å². The summed E-state index contributed by atoms with van der Waals surface area (Å²) < 4.78 is 47.6. The van der Waals surface area contributed by atoms with Crippen LogP contribution in [0.4, 0.5) is 0 Å². The highest BCUT2D eigenvalue weighted by Crippen LogP contribution is 2.76. The number of hydrogen-bond acceptors (Lipinski definition) is 22. The third-order valence-electron chi connectivity index (χ3n) is 21.4. The van der Waals surface area contributed by atoms with Crippen molar-refractivity contribution in [2.24, 2.45) is 50.2 Å². The second kappa shape index (κ2) is 22.7. The number of carboxylic acid groups (broad SMARTS) is 1. The van der Waals surface area contributed by atoms with Gasteiger partial charge in [0.05, 0.1) is 49.7 Å². The summed E-state index contributed by atoms with van der Waals surface area (Å²) in [4.78, 5) is 40.1. The highest BCUT2D eigenvalue weighted by atomic mass is 16.8. The predicted octanol–water partition coefficient (Wildman–Crippen LogP) is 0.263. The number of allylic oxidation sites excluding steroid dienone is 3. The molecule has 454 valence electrons. The lowest BCUT2D eigenvalue weighted by Gasteiger charge is -2.73. The van der Waals surface area contributed by atoms with Gasteiger partial charge in [0, 0.05) is 27.4 Å². The number of carbonyl (C=O) groups is 3. The molecule has 0 aromatic carbocycles. The van der Waals surface area contributed by atoms with E-state index in [9.17, 15) is 75.7 Å². The fourth-order valence-corrected chi connectivity index (χ4v) is 16.1. The Balaban J connectivity index is 1.07. The SMILES string of the molecule is C/C=C(/C)C(=O)O[C@H]1[C@H](OC(=O)/C(C)=C\C)[C@]2(CO)[C@H](O)[C@H](O)[C@]3(C)C(=CC[C@@H]4[C@@]5(C)CC[C@H](O[C@@H]6O[C@H](C(=O)O)[C@@H](O)[C@H](O[C@@H]7OC[C@H](O)[C@H](O[C@@H]8O[C@@H](C)[C@H](O)[C@@H](O)[C@H]8O)[C@H]7O)[C@H]6O)[C@@](C)(CO)[C@@H]5CC[C@]43C)[C@@H]2CC1(C)C. The molecule has 8 rings (SSSR count). The molecule has 23 heteroatoms. The molecular formula is C57H88O23. The number of carboxylic acids is 1. The first kappa shape index (κ1) is 63.0. The summed E-state index contributed by atoms with van der Waals surface area (Å²) in [5, 5.41) is 136. The highest BCUT2D eigenvalue weighted by molar-refractivity contribution is 5.89. The molecule has 8 aliphatic rings. The quantitative estimate of drug-likeness (QED) is 0.0509. The van der Waals surface area contributed by atoms with Crippen molar-refractivity contribution in [3.8, 4) is 0 Å². The summed E-state index contributed by atoms with van der Waals surface area (Å²) in [6.07, 6.45) is -23.5. The Hall–Kier alpha value is -3.05. The maximum absolute atomic E-state index is 13.8. The molecule has 0 amide bonds. The van der Waals surface area contributed by atoms with Crippen LogP contribution in [0.5, 0.6) is 0 Å². The van der Waals surface area contributed by atoms with Gasteiger partial charge >= 0.3 is 17.9 Å². The van der Waals surface area contributed by atoms with Gasteiger partial charge in [0.15, 0.2) is 31.1 Å². The fraction of sp³-hybridized carbons (Fsp3) is 0.842. The van der Waals surface area contributed by atoms with E-state index < -0.39 is 193 Å². The van der Waals surface area contributed by atoms with Crippen LogP contribution >= 0.6 is 0 Å². The van der Waals surface area contributed by atoms with E-state index >= 15 is 0 Å². The van der Waals surface area contributed by atoms with Crippen molar-refractivity contribution >= 4 is 17.9 Å². The van der Waals surface area contributed by atoms with Crippen molar-refractivity contribution in [2.75, 3.05) is 19.8 Å². The van der Waals surface area contributed by atoms with E-state index in [2.05, 4.69) is 19.9 Å². The second-order valence-corrected chi connectivity index (χ2v) is 25.9. The van der Waals surface area contributed by atoms with Crippen LogP contribution in [0.3, 0.4) is 0 Å². The van der Waals surface area contributed by atoms with Gasteiger partial charge in [-0.3, -0.25) is 0 Å². The number of ether oxygens (including phenoxy) is 8. The lowest BCUT2D eigenvalue weighted by atomic mass is 9.32. The largest absolute Gasteiger partial charge is 0.479 e. The monoisotopic (exact) mass is 1140 g/mol. The average molecular weight is 1140 g/mol. The second-order valence-electron chi connectivity index (χ2n) is 25.9.